The quantitative estimate of drug-likeness (QED) is 0.672. The number of nitrogens with zero attached hydrogens (tertiary/aromatic N) is 3. The Balaban J connectivity index is 1.80. The van der Waals surface area contributed by atoms with Crippen molar-refractivity contribution in [2.75, 3.05) is 57.7 Å². The van der Waals surface area contributed by atoms with Crippen LogP contribution in [0.3, 0.4) is 0 Å². The molecule has 0 radical (unpaired) electrons. The average Bonchev–Trinajstić information content (AvgIpc) is 2.65. The Morgan fingerprint density at radius 2 is 1.37 bits per heavy atom. The fourth-order valence-electron chi connectivity index (χ4n) is 3.95. The van der Waals surface area contributed by atoms with Gasteiger partial charge in [-0.15, -0.1) is 0 Å². The Hall–Kier alpha value is -1.92. The van der Waals surface area contributed by atoms with Gasteiger partial charge in [0.15, 0.2) is 0 Å². The fraction of sp³-hybridized carbons (Fsp3) is 0.667. The summed E-state index contributed by atoms with van der Waals surface area (Å²) in [5.74, 6) is 1.19. The highest BCUT2D eigenvalue weighted by molar-refractivity contribution is 5.93. The number of carbonyl (C=O) groups is 2. The standard InChI is InChI=1S/C24H40N4O2/c1-18(2)14-28(15-19(3)4)23(30)17-27-12-10-26(11-13-27)16-22(29)25-24-20(5)8-7-9-21(24)6/h7-9,18-19H,10-17H2,1-6H3,(H,25,29). The van der Waals surface area contributed by atoms with Gasteiger partial charge in [0, 0.05) is 45.0 Å². The van der Waals surface area contributed by atoms with Crippen LogP contribution in [0.5, 0.6) is 0 Å². The third kappa shape index (κ3) is 7.73. The van der Waals surface area contributed by atoms with Gasteiger partial charge in [0.2, 0.25) is 11.8 Å². The van der Waals surface area contributed by atoms with E-state index in [9.17, 15) is 9.59 Å². The fourth-order valence-corrected chi connectivity index (χ4v) is 3.95. The second-order valence-electron chi connectivity index (χ2n) is 9.45. The van der Waals surface area contributed by atoms with Crippen LogP contribution in [-0.4, -0.2) is 78.9 Å². The maximum atomic E-state index is 12.8. The maximum absolute atomic E-state index is 12.8. The number of carbonyl (C=O) groups excluding carboxylic acids is 2. The molecule has 6 nitrogen and oxygen atoms in total. The Bertz CT molecular complexity index is 679. The van der Waals surface area contributed by atoms with Crippen LogP contribution in [0, 0.1) is 25.7 Å². The van der Waals surface area contributed by atoms with Gasteiger partial charge in [-0.25, -0.2) is 0 Å². The lowest BCUT2D eigenvalue weighted by molar-refractivity contribution is -0.134. The first-order valence-corrected chi connectivity index (χ1v) is 11.2. The SMILES string of the molecule is Cc1cccc(C)c1NC(=O)CN1CCN(CC(=O)N(CC(C)C)CC(C)C)CC1. The molecule has 0 spiro atoms. The molecular weight excluding hydrogens is 376 g/mol. The van der Waals surface area contributed by atoms with Crippen molar-refractivity contribution in [1.82, 2.24) is 14.7 Å². The number of aryl methyl sites for hydroxylation is 2. The molecule has 168 valence electrons. The van der Waals surface area contributed by atoms with E-state index in [2.05, 4.69) is 42.8 Å². The largest absolute Gasteiger partial charge is 0.341 e. The van der Waals surface area contributed by atoms with Crippen LogP contribution < -0.4 is 5.32 Å². The summed E-state index contributed by atoms with van der Waals surface area (Å²) in [6.07, 6.45) is 0. The Morgan fingerprint density at radius 1 is 0.900 bits per heavy atom. The highest BCUT2D eigenvalue weighted by Gasteiger charge is 2.23. The number of hydrogen-bond donors (Lipinski definition) is 1. The number of benzene rings is 1. The molecule has 0 unspecified atom stereocenters. The lowest BCUT2D eigenvalue weighted by atomic mass is 10.1. The smallest absolute Gasteiger partial charge is 0.238 e. The van der Waals surface area contributed by atoms with Crippen molar-refractivity contribution in [2.24, 2.45) is 11.8 Å². The first kappa shape index (κ1) is 24.4. The Morgan fingerprint density at radius 3 is 1.83 bits per heavy atom. The van der Waals surface area contributed by atoms with Crippen LogP contribution in [0.1, 0.15) is 38.8 Å². The molecule has 0 atom stereocenters. The van der Waals surface area contributed by atoms with Gasteiger partial charge in [0.25, 0.3) is 0 Å². The van der Waals surface area contributed by atoms with Crippen molar-refractivity contribution in [3.05, 3.63) is 29.3 Å². The van der Waals surface area contributed by atoms with E-state index in [-0.39, 0.29) is 11.8 Å². The molecular formula is C24H40N4O2. The minimum Gasteiger partial charge on any atom is -0.341 e. The first-order valence-electron chi connectivity index (χ1n) is 11.2. The molecule has 6 heteroatoms. The normalized spacial score (nSPS) is 15.6. The topological polar surface area (TPSA) is 55.9 Å². The van der Waals surface area contributed by atoms with E-state index < -0.39 is 0 Å². The molecule has 1 N–H and O–H groups in total. The second-order valence-corrected chi connectivity index (χ2v) is 9.45. The summed E-state index contributed by atoms with van der Waals surface area (Å²) in [5, 5.41) is 3.07. The van der Waals surface area contributed by atoms with E-state index in [0.717, 1.165) is 56.1 Å². The van der Waals surface area contributed by atoms with E-state index in [0.29, 0.717) is 24.9 Å². The number of anilines is 1. The number of piperazine rings is 1. The van der Waals surface area contributed by atoms with Crippen molar-refractivity contribution in [3.63, 3.8) is 0 Å². The first-order chi connectivity index (χ1) is 14.2. The van der Waals surface area contributed by atoms with E-state index in [1.807, 2.05) is 36.9 Å². The van der Waals surface area contributed by atoms with Gasteiger partial charge in [0.1, 0.15) is 0 Å². The van der Waals surface area contributed by atoms with Crippen LogP contribution in [-0.2, 0) is 9.59 Å². The monoisotopic (exact) mass is 416 g/mol. The van der Waals surface area contributed by atoms with Crippen molar-refractivity contribution >= 4 is 17.5 Å². The van der Waals surface area contributed by atoms with Gasteiger partial charge in [-0.1, -0.05) is 45.9 Å². The minimum atomic E-state index is 0.0250. The van der Waals surface area contributed by atoms with E-state index in [1.165, 1.54) is 0 Å². The minimum absolute atomic E-state index is 0.0250. The van der Waals surface area contributed by atoms with Gasteiger partial charge in [-0.3, -0.25) is 19.4 Å². The van der Waals surface area contributed by atoms with Crippen LogP contribution in [0.25, 0.3) is 0 Å². The van der Waals surface area contributed by atoms with Crippen molar-refractivity contribution in [1.29, 1.82) is 0 Å². The van der Waals surface area contributed by atoms with E-state index in [4.69, 9.17) is 0 Å². The van der Waals surface area contributed by atoms with Gasteiger partial charge in [0.05, 0.1) is 13.1 Å². The Labute approximate surface area is 182 Å². The third-order valence-corrected chi connectivity index (χ3v) is 5.46. The van der Waals surface area contributed by atoms with Crippen molar-refractivity contribution in [2.45, 2.75) is 41.5 Å². The van der Waals surface area contributed by atoms with Crippen molar-refractivity contribution < 1.29 is 9.59 Å². The molecule has 1 aromatic rings. The second kappa shape index (κ2) is 11.5. The highest BCUT2D eigenvalue weighted by Crippen LogP contribution is 2.19. The summed E-state index contributed by atoms with van der Waals surface area (Å²) >= 11 is 0. The zero-order valence-electron chi connectivity index (χ0n) is 19.7. The summed E-state index contributed by atoms with van der Waals surface area (Å²) in [4.78, 5) is 31.7. The molecule has 2 rings (SSSR count). The lowest BCUT2D eigenvalue weighted by Crippen LogP contribution is -2.52. The van der Waals surface area contributed by atoms with Gasteiger partial charge in [-0.05, 0) is 36.8 Å². The predicted octanol–water partition coefficient (Wildman–Crippen LogP) is 3.00. The predicted molar refractivity (Wildman–Crippen MR) is 124 cm³/mol. The highest BCUT2D eigenvalue weighted by atomic mass is 16.2. The average molecular weight is 417 g/mol. The third-order valence-electron chi connectivity index (χ3n) is 5.46. The summed E-state index contributed by atoms with van der Waals surface area (Å²) in [6, 6.07) is 6.03. The number of amides is 2. The van der Waals surface area contributed by atoms with E-state index >= 15 is 0 Å². The molecule has 1 saturated heterocycles. The molecule has 30 heavy (non-hydrogen) atoms. The molecule has 1 aliphatic rings. The Kier molecular flexibility index (Phi) is 9.31. The van der Waals surface area contributed by atoms with Crippen LogP contribution in [0.2, 0.25) is 0 Å². The molecule has 1 fully saturated rings. The summed E-state index contributed by atoms with van der Waals surface area (Å²) in [5.41, 5.74) is 3.08. The summed E-state index contributed by atoms with van der Waals surface area (Å²) in [6.45, 7) is 18.4. The lowest BCUT2D eigenvalue weighted by Gasteiger charge is -2.35. The van der Waals surface area contributed by atoms with Gasteiger partial charge >= 0.3 is 0 Å². The van der Waals surface area contributed by atoms with Crippen LogP contribution in [0.4, 0.5) is 5.69 Å². The molecule has 2 amide bonds. The number of nitrogens with one attached hydrogen (secondary N) is 1. The molecule has 1 aromatic carbocycles. The van der Waals surface area contributed by atoms with Crippen LogP contribution >= 0.6 is 0 Å². The summed E-state index contributed by atoms with van der Waals surface area (Å²) < 4.78 is 0. The molecule has 0 bridgehead atoms. The number of rotatable bonds is 9. The molecule has 1 aliphatic heterocycles. The number of para-hydroxylation sites is 1. The van der Waals surface area contributed by atoms with Gasteiger partial charge in [-0.2, -0.15) is 0 Å². The molecule has 0 aliphatic carbocycles. The zero-order valence-corrected chi connectivity index (χ0v) is 19.7. The zero-order chi connectivity index (χ0) is 22.3. The molecule has 0 aromatic heterocycles. The molecule has 0 saturated carbocycles. The van der Waals surface area contributed by atoms with Crippen molar-refractivity contribution in [3.8, 4) is 0 Å². The van der Waals surface area contributed by atoms with Crippen LogP contribution in [0.15, 0.2) is 18.2 Å². The van der Waals surface area contributed by atoms with Gasteiger partial charge < -0.3 is 10.2 Å². The van der Waals surface area contributed by atoms with E-state index in [1.54, 1.807) is 0 Å². The summed E-state index contributed by atoms with van der Waals surface area (Å²) in [7, 11) is 0. The number of hydrogen-bond acceptors (Lipinski definition) is 4. The molecule has 1 heterocycles. The maximum Gasteiger partial charge on any atom is 0.238 e.